The van der Waals surface area contributed by atoms with E-state index >= 15 is 0 Å². The summed E-state index contributed by atoms with van der Waals surface area (Å²) in [6.45, 7) is 2.35. The van der Waals surface area contributed by atoms with E-state index in [1.54, 1.807) is 0 Å². The second kappa shape index (κ2) is 2.87. The lowest BCUT2D eigenvalue weighted by Crippen LogP contribution is -1.93. The van der Waals surface area contributed by atoms with Gasteiger partial charge in [-0.15, -0.1) is 0 Å². The van der Waals surface area contributed by atoms with Gasteiger partial charge < -0.3 is 0 Å². The molecule has 44 valence electrons. The molecule has 1 heteroatoms. The van der Waals surface area contributed by atoms with Crippen molar-refractivity contribution < 1.29 is 0 Å². The third-order valence-corrected chi connectivity index (χ3v) is 3.00. The maximum Gasteiger partial charge on any atom is 0.0296 e. The van der Waals surface area contributed by atoms with Crippen molar-refractivity contribution in [3.05, 3.63) is 24.3 Å². The Morgan fingerprint density at radius 1 is 1.38 bits per heavy atom. The summed E-state index contributed by atoms with van der Waals surface area (Å²) < 4.78 is 0. The molecule has 0 saturated carbocycles. The molecule has 1 aliphatic carbocycles. The average Bonchev–Trinajstić information content (AvgIpc) is 1.90. The summed E-state index contributed by atoms with van der Waals surface area (Å²) >= 11 is 0. The maximum atomic E-state index is 2.35. The summed E-state index contributed by atoms with van der Waals surface area (Å²) in [4.78, 5) is 0. The molecule has 0 N–H and O–H groups in total. The molecule has 1 aliphatic rings. The molecule has 0 amide bonds. The maximum absolute atomic E-state index is 2.35. The highest BCUT2D eigenvalue weighted by atomic mass is 28.2. The van der Waals surface area contributed by atoms with E-state index in [2.05, 4.69) is 30.9 Å². The van der Waals surface area contributed by atoms with Gasteiger partial charge in [-0.3, -0.25) is 0 Å². The predicted octanol–water partition coefficient (Wildman–Crippen LogP) is 1.51. The first-order valence-corrected chi connectivity index (χ1v) is 5.50. The van der Waals surface area contributed by atoms with Crippen LogP contribution in [0.5, 0.6) is 0 Å². The van der Waals surface area contributed by atoms with Crippen molar-refractivity contribution in [3.63, 3.8) is 0 Å². The lowest BCUT2D eigenvalue weighted by molar-refractivity contribution is 1.21. The second-order valence-electron chi connectivity index (χ2n) is 2.16. The lowest BCUT2D eigenvalue weighted by Gasteiger charge is -2.04. The zero-order chi connectivity index (χ0) is 5.82. The van der Waals surface area contributed by atoms with Gasteiger partial charge in [-0.05, 0) is 12.0 Å². The average molecular weight is 124 g/mol. The largest absolute Gasteiger partial charge is 0.0847 e. The van der Waals surface area contributed by atoms with Crippen molar-refractivity contribution in [2.75, 3.05) is 0 Å². The molecule has 0 aromatic heterocycles. The standard InChI is InChI=1S/C7H12Si/c1-8-7-5-3-2-4-6-7/h3-7H,2,8H2,1H3. The third kappa shape index (κ3) is 1.34. The van der Waals surface area contributed by atoms with Crippen molar-refractivity contribution in [2.24, 2.45) is 0 Å². The van der Waals surface area contributed by atoms with Crippen LogP contribution in [-0.2, 0) is 0 Å². The van der Waals surface area contributed by atoms with Crippen LogP contribution in [0.3, 0.4) is 0 Å². The van der Waals surface area contributed by atoms with Gasteiger partial charge in [-0.25, -0.2) is 0 Å². The van der Waals surface area contributed by atoms with Gasteiger partial charge in [0, 0.05) is 9.52 Å². The summed E-state index contributed by atoms with van der Waals surface area (Å²) in [6.07, 6.45) is 10.4. The zero-order valence-electron chi connectivity index (χ0n) is 5.30. The number of rotatable bonds is 1. The molecule has 0 bridgehead atoms. The zero-order valence-corrected chi connectivity index (χ0v) is 6.72. The fraction of sp³-hybridized carbons (Fsp3) is 0.429. The molecule has 0 aliphatic heterocycles. The fourth-order valence-electron chi connectivity index (χ4n) is 0.922. The van der Waals surface area contributed by atoms with E-state index in [1.165, 1.54) is 0 Å². The molecule has 0 nitrogen and oxygen atoms in total. The SMILES string of the molecule is C[SiH2]C1C=CCC=C1. The Balaban J connectivity index is 2.42. The van der Waals surface area contributed by atoms with E-state index < -0.39 is 0 Å². The Morgan fingerprint density at radius 2 is 2.00 bits per heavy atom. The summed E-state index contributed by atoms with van der Waals surface area (Å²) in [5.74, 6) is 0. The van der Waals surface area contributed by atoms with Gasteiger partial charge >= 0.3 is 0 Å². The molecule has 0 unspecified atom stereocenters. The first-order valence-electron chi connectivity index (χ1n) is 3.27. The van der Waals surface area contributed by atoms with Gasteiger partial charge in [0.15, 0.2) is 0 Å². The van der Waals surface area contributed by atoms with Crippen LogP contribution in [0.1, 0.15) is 6.42 Å². The summed E-state index contributed by atoms with van der Waals surface area (Å²) in [5.41, 5.74) is 0.865. The normalized spacial score (nSPS) is 21.1. The summed E-state index contributed by atoms with van der Waals surface area (Å²) in [7, 11) is 0.195. The van der Waals surface area contributed by atoms with E-state index in [9.17, 15) is 0 Å². The highest BCUT2D eigenvalue weighted by Gasteiger charge is 1.96. The Kier molecular flexibility index (Phi) is 2.09. The Morgan fingerprint density at radius 3 is 2.38 bits per heavy atom. The minimum atomic E-state index is 0.195. The monoisotopic (exact) mass is 124 g/mol. The van der Waals surface area contributed by atoms with Gasteiger partial charge in [0.25, 0.3) is 0 Å². The molecule has 0 fully saturated rings. The van der Waals surface area contributed by atoms with Crippen LogP contribution in [0, 0.1) is 0 Å². The number of hydrogen-bond donors (Lipinski definition) is 0. The summed E-state index contributed by atoms with van der Waals surface area (Å²) in [5, 5.41) is 0. The van der Waals surface area contributed by atoms with Crippen molar-refractivity contribution in [1.29, 1.82) is 0 Å². The Hall–Kier alpha value is -0.303. The third-order valence-electron chi connectivity index (χ3n) is 1.51. The van der Waals surface area contributed by atoms with Crippen LogP contribution < -0.4 is 0 Å². The van der Waals surface area contributed by atoms with Crippen LogP contribution in [0.4, 0.5) is 0 Å². The number of allylic oxidation sites excluding steroid dienone is 4. The molecule has 8 heavy (non-hydrogen) atoms. The van der Waals surface area contributed by atoms with Gasteiger partial charge in [0.2, 0.25) is 0 Å². The predicted molar refractivity (Wildman–Crippen MR) is 41.1 cm³/mol. The highest BCUT2D eigenvalue weighted by Crippen LogP contribution is 2.12. The fourth-order valence-corrected chi connectivity index (χ4v) is 1.85. The topological polar surface area (TPSA) is 0 Å². The van der Waals surface area contributed by atoms with E-state index in [0.29, 0.717) is 0 Å². The van der Waals surface area contributed by atoms with Crippen LogP contribution in [0.2, 0.25) is 12.1 Å². The molecule has 0 spiro atoms. The Labute approximate surface area is 53.1 Å². The first kappa shape index (κ1) is 5.83. The van der Waals surface area contributed by atoms with Crippen molar-refractivity contribution in [3.8, 4) is 0 Å². The van der Waals surface area contributed by atoms with Crippen LogP contribution in [0.25, 0.3) is 0 Å². The van der Waals surface area contributed by atoms with Gasteiger partial charge in [-0.1, -0.05) is 30.9 Å². The minimum absolute atomic E-state index is 0.195. The smallest absolute Gasteiger partial charge is 0.0296 e. The van der Waals surface area contributed by atoms with E-state index in [1.807, 2.05) is 0 Å². The minimum Gasteiger partial charge on any atom is -0.0847 e. The Bertz CT molecular complexity index is 102. The molecule has 0 aromatic rings. The van der Waals surface area contributed by atoms with Gasteiger partial charge in [0.05, 0.1) is 0 Å². The first-order chi connectivity index (χ1) is 3.93. The quantitative estimate of drug-likeness (QED) is 0.367. The molecule has 0 heterocycles. The van der Waals surface area contributed by atoms with Crippen molar-refractivity contribution in [1.82, 2.24) is 0 Å². The molecule has 0 aromatic carbocycles. The molecule has 0 saturated heterocycles. The van der Waals surface area contributed by atoms with Crippen LogP contribution in [0.15, 0.2) is 24.3 Å². The van der Waals surface area contributed by atoms with Gasteiger partial charge in [-0.2, -0.15) is 0 Å². The summed E-state index contributed by atoms with van der Waals surface area (Å²) in [6, 6.07) is 0. The number of hydrogen-bond acceptors (Lipinski definition) is 0. The lowest BCUT2D eigenvalue weighted by atomic mass is 10.2. The van der Waals surface area contributed by atoms with Crippen LogP contribution in [-0.4, -0.2) is 9.52 Å². The van der Waals surface area contributed by atoms with Crippen molar-refractivity contribution in [2.45, 2.75) is 18.5 Å². The molecule has 0 atom stereocenters. The van der Waals surface area contributed by atoms with Crippen LogP contribution >= 0.6 is 0 Å². The van der Waals surface area contributed by atoms with E-state index in [-0.39, 0.29) is 9.52 Å². The molecular weight excluding hydrogens is 112 g/mol. The molecule has 1 rings (SSSR count). The second-order valence-corrected chi connectivity index (χ2v) is 3.92. The van der Waals surface area contributed by atoms with Gasteiger partial charge in [0.1, 0.15) is 0 Å². The molecular formula is C7H12Si. The molecule has 0 radical (unpaired) electrons. The highest BCUT2D eigenvalue weighted by molar-refractivity contribution is 6.37. The van der Waals surface area contributed by atoms with E-state index in [0.717, 1.165) is 12.0 Å². The van der Waals surface area contributed by atoms with E-state index in [4.69, 9.17) is 0 Å². The van der Waals surface area contributed by atoms with Crippen molar-refractivity contribution >= 4 is 9.52 Å².